The molecule has 1 heterocycles. The molecule has 1 saturated heterocycles. The molecule has 25 heavy (non-hydrogen) atoms. The summed E-state index contributed by atoms with van der Waals surface area (Å²) >= 11 is 1.77. The van der Waals surface area contributed by atoms with E-state index in [4.69, 9.17) is 0 Å². The first-order valence-electron chi connectivity index (χ1n) is 8.76. The Morgan fingerprint density at radius 1 is 1.12 bits per heavy atom. The molecule has 5 heteroatoms. The fourth-order valence-corrected chi connectivity index (χ4v) is 4.12. The minimum absolute atomic E-state index is 0.139. The van der Waals surface area contributed by atoms with Gasteiger partial charge in [-0.15, -0.1) is 0 Å². The van der Waals surface area contributed by atoms with E-state index in [-0.39, 0.29) is 17.4 Å². The van der Waals surface area contributed by atoms with Crippen LogP contribution in [-0.4, -0.2) is 34.7 Å². The molecule has 0 aliphatic carbocycles. The zero-order chi connectivity index (χ0) is 19.0. The summed E-state index contributed by atoms with van der Waals surface area (Å²) in [6.45, 7) is 15.0. The average molecular weight is 363 g/mol. The Morgan fingerprint density at radius 2 is 1.68 bits per heavy atom. The molecule has 1 fully saturated rings. The molecule has 4 nitrogen and oxygen atoms in total. The molecule has 2 rings (SSSR count). The molecule has 0 bridgehead atoms. The standard InChI is InChI=1S/C20H30N2O2S/c1-13-10-15(19(3,4)5)11-14(2)16(13)12-25-9-8-22-17(23)20(6,7)21-18(22)24/h10-11H,8-9,12H2,1-7H3,(H,21,24). The topological polar surface area (TPSA) is 49.4 Å². The van der Waals surface area contributed by atoms with E-state index in [1.807, 2.05) is 0 Å². The van der Waals surface area contributed by atoms with Gasteiger partial charge in [0.25, 0.3) is 5.91 Å². The summed E-state index contributed by atoms with van der Waals surface area (Å²) in [6.07, 6.45) is 0. The largest absolute Gasteiger partial charge is 0.325 e. The van der Waals surface area contributed by atoms with Crippen molar-refractivity contribution in [1.82, 2.24) is 10.2 Å². The van der Waals surface area contributed by atoms with Crippen molar-refractivity contribution in [3.8, 4) is 0 Å². The highest BCUT2D eigenvalue weighted by atomic mass is 32.2. The first-order chi connectivity index (χ1) is 11.4. The van der Waals surface area contributed by atoms with E-state index < -0.39 is 5.54 Å². The van der Waals surface area contributed by atoms with Crippen LogP contribution in [0.2, 0.25) is 0 Å². The highest BCUT2D eigenvalue weighted by Gasteiger charge is 2.43. The maximum atomic E-state index is 12.2. The number of hydrogen-bond acceptors (Lipinski definition) is 3. The lowest BCUT2D eigenvalue weighted by Gasteiger charge is -2.22. The van der Waals surface area contributed by atoms with Gasteiger partial charge in [0.1, 0.15) is 5.54 Å². The van der Waals surface area contributed by atoms with Gasteiger partial charge in [0.15, 0.2) is 0 Å². The van der Waals surface area contributed by atoms with Crippen LogP contribution in [0.1, 0.15) is 56.9 Å². The molecule has 0 spiro atoms. The van der Waals surface area contributed by atoms with Crippen LogP contribution < -0.4 is 5.32 Å². The number of amides is 3. The molecule has 0 aromatic heterocycles. The number of aryl methyl sites for hydroxylation is 2. The molecule has 0 radical (unpaired) electrons. The van der Waals surface area contributed by atoms with Gasteiger partial charge < -0.3 is 5.32 Å². The van der Waals surface area contributed by atoms with Crippen LogP contribution >= 0.6 is 11.8 Å². The van der Waals surface area contributed by atoms with E-state index >= 15 is 0 Å². The zero-order valence-corrected chi connectivity index (χ0v) is 17.3. The molecule has 138 valence electrons. The summed E-state index contributed by atoms with van der Waals surface area (Å²) in [5, 5.41) is 2.72. The fourth-order valence-electron chi connectivity index (χ4n) is 3.01. The number of imide groups is 1. The first kappa shape index (κ1) is 19.8. The quantitative estimate of drug-likeness (QED) is 0.632. The van der Waals surface area contributed by atoms with Gasteiger partial charge in [-0.3, -0.25) is 9.69 Å². The second-order valence-corrected chi connectivity index (χ2v) is 9.51. The number of nitrogens with zero attached hydrogens (tertiary/aromatic N) is 1. The number of benzene rings is 1. The molecule has 1 aliphatic rings. The van der Waals surface area contributed by atoms with Crippen molar-refractivity contribution in [3.05, 3.63) is 34.4 Å². The lowest BCUT2D eigenvalue weighted by molar-refractivity contribution is -0.130. The molecule has 3 amide bonds. The van der Waals surface area contributed by atoms with E-state index in [1.165, 1.54) is 27.2 Å². The maximum absolute atomic E-state index is 12.2. The molecule has 0 saturated carbocycles. The molecule has 1 N–H and O–H groups in total. The third kappa shape index (κ3) is 4.38. The van der Waals surface area contributed by atoms with Crippen LogP contribution in [0.15, 0.2) is 12.1 Å². The highest BCUT2D eigenvalue weighted by Crippen LogP contribution is 2.29. The Balaban J connectivity index is 1.95. The Morgan fingerprint density at radius 3 is 2.12 bits per heavy atom. The monoisotopic (exact) mass is 362 g/mol. The minimum Gasteiger partial charge on any atom is -0.324 e. The van der Waals surface area contributed by atoms with Gasteiger partial charge in [0.05, 0.1) is 0 Å². The van der Waals surface area contributed by atoms with Crippen molar-refractivity contribution in [2.45, 2.75) is 65.2 Å². The smallest absolute Gasteiger partial charge is 0.324 e. The van der Waals surface area contributed by atoms with Crippen molar-refractivity contribution in [3.63, 3.8) is 0 Å². The Labute approximate surface area is 155 Å². The summed E-state index contributed by atoms with van der Waals surface area (Å²) < 4.78 is 0. The van der Waals surface area contributed by atoms with E-state index in [0.29, 0.717) is 6.54 Å². The first-order valence-corrected chi connectivity index (χ1v) is 9.91. The van der Waals surface area contributed by atoms with Gasteiger partial charge in [0.2, 0.25) is 0 Å². The molecule has 1 aromatic rings. The Bertz CT molecular complexity index is 666. The van der Waals surface area contributed by atoms with Crippen molar-refractivity contribution in [2.75, 3.05) is 12.3 Å². The van der Waals surface area contributed by atoms with Crippen LogP contribution in [0.25, 0.3) is 0 Å². The number of thioether (sulfide) groups is 1. The number of hydrogen-bond donors (Lipinski definition) is 1. The van der Waals surface area contributed by atoms with E-state index in [1.54, 1.807) is 25.6 Å². The molecular formula is C20H30N2O2S. The SMILES string of the molecule is Cc1cc(C(C)(C)C)cc(C)c1CSCCN1C(=O)NC(C)(C)C1=O. The molecule has 0 unspecified atom stereocenters. The fraction of sp³-hybridized carbons (Fsp3) is 0.600. The number of rotatable bonds is 5. The van der Waals surface area contributed by atoms with Crippen LogP contribution in [0.3, 0.4) is 0 Å². The molecule has 1 aliphatic heterocycles. The van der Waals surface area contributed by atoms with Crippen LogP contribution in [0, 0.1) is 13.8 Å². The van der Waals surface area contributed by atoms with Gasteiger partial charge in [-0.1, -0.05) is 32.9 Å². The van der Waals surface area contributed by atoms with Gasteiger partial charge in [-0.05, 0) is 55.4 Å². The Kier molecular flexibility index (Phi) is 5.57. The third-order valence-corrected chi connectivity index (χ3v) is 5.68. The van der Waals surface area contributed by atoms with Crippen molar-refractivity contribution in [2.24, 2.45) is 0 Å². The molecule has 0 atom stereocenters. The summed E-state index contributed by atoms with van der Waals surface area (Å²) in [7, 11) is 0. The number of carbonyl (C=O) groups is 2. The summed E-state index contributed by atoms with van der Waals surface area (Å²) in [5.74, 6) is 1.50. The Hall–Kier alpha value is -1.49. The molecular weight excluding hydrogens is 332 g/mol. The molecule has 1 aromatic carbocycles. The normalized spacial score (nSPS) is 17.2. The van der Waals surface area contributed by atoms with Crippen molar-refractivity contribution < 1.29 is 9.59 Å². The van der Waals surface area contributed by atoms with Gasteiger partial charge in [-0.25, -0.2) is 4.79 Å². The van der Waals surface area contributed by atoms with Gasteiger partial charge in [-0.2, -0.15) is 11.8 Å². The summed E-state index contributed by atoms with van der Waals surface area (Å²) in [5.41, 5.74) is 4.71. The highest BCUT2D eigenvalue weighted by molar-refractivity contribution is 7.98. The van der Waals surface area contributed by atoms with Crippen molar-refractivity contribution >= 4 is 23.7 Å². The van der Waals surface area contributed by atoms with Crippen LogP contribution in [0.5, 0.6) is 0 Å². The summed E-state index contributed by atoms with van der Waals surface area (Å²) in [4.78, 5) is 25.4. The van der Waals surface area contributed by atoms with E-state index in [0.717, 1.165) is 11.5 Å². The number of nitrogens with one attached hydrogen (secondary N) is 1. The lowest BCUT2D eigenvalue weighted by atomic mass is 9.84. The second-order valence-electron chi connectivity index (χ2n) is 8.40. The number of carbonyl (C=O) groups excluding carboxylic acids is 2. The van der Waals surface area contributed by atoms with Crippen molar-refractivity contribution in [1.29, 1.82) is 0 Å². The maximum Gasteiger partial charge on any atom is 0.325 e. The van der Waals surface area contributed by atoms with Crippen LogP contribution in [-0.2, 0) is 16.0 Å². The van der Waals surface area contributed by atoms with Gasteiger partial charge in [0, 0.05) is 18.1 Å². The minimum atomic E-state index is -0.780. The van der Waals surface area contributed by atoms with Crippen LogP contribution in [0.4, 0.5) is 4.79 Å². The zero-order valence-electron chi connectivity index (χ0n) is 16.4. The van der Waals surface area contributed by atoms with Gasteiger partial charge >= 0.3 is 6.03 Å². The average Bonchev–Trinajstić information content (AvgIpc) is 2.65. The number of urea groups is 1. The summed E-state index contributed by atoms with van der Waals surface area (Å²) in [6, 6.07) is 4.28. The van der Waals surface area contributed by atoms with E-state index in [2.05, 4.69) is 52.1 Å². The second kappa shape index (κ2) is 7.02. The third-order valence-electron chi connectivity index (χ3n) is 4.71. The lowest BCUT2D eigenvalue weighted by Crippen LogP contribution is -2.40. The van der Waals surface area contributed by atoms with E-state index in [9.17, 15) is 9.59 Å². The predicted octanol–water partition coefficient (Wildman–Crippen LogP) is 4.16. The predicted molar refractivity (Wildman–Crippen MR) is 105 cm³/mol.